The van der Waals surface area contributed by atoms with Gasteiger partial charge in [-0.2, -0.15) is 13.2 Å². The lowest BCUT2D eigenvalue weighted by Crippen LogP contribution is -2.56. The normalized spacial score (nSPS) is 23.0. The molecule has 3 rings (SSSR count). The Bertz CT molecular complexity index is 682. The van der Waals surface area contributed by atoms with Crippen molar-refractivity contribution in [1.29, 1.82) is 0 Å². The molecule has 7 nitrogen and oxygen atoms in total. The van der Waals surface area contributed by atoms with Gasteiger partial charge >= 0.3 is 6.18 Å². The van der Waals surface area contributed by atoms with Crippen LogP contribution in [0.1, 0.15) is 0 Å². The Morgan fingerprint density at radius 2 is 1.88 bits per heavy atom. The third-order valence-electron chi connectivity index (χ3n) is 3.98. The fraction of sp³-hybridized carbons (Fsp3) is 0.500. The number of fused-ring (bicyclic) bond motifs is 1. The quantitative estimate of drug-likeness (QED) is 0.850. The molecule has 142 valence electrons. The number of hydrogen-bond acceptors (Lipinski definition) is 5. The molecule has 1 aromatic carbocycles. The van der Waals surface area contributed by atoms with Crippen LogP contribution >= 0.6 is 0 Å². The first kappa shape index (κ1) is 18.5. The Morgan fingerprint density at radius 1 is 1.15 bits per heavy atom. The van der Waals surface area contributed by atoms with E-state index in [1.54, 1.807) is 24.3 Å². The Morgan fingerprint density at radius 3 is 2.65 bits per heavy atom. The third-order valence-corrected chi connectivity index (χ3v) is 3.98. The van der Waals surface area contributed by atoms with Crippen molar-refractivity contribution in [2.24, 2.45) is 0 Å². The van der Waals surface area contributed by atoms with E-state index in [4.69, 9.17) is 9.47 Å². The number of halogens is 3. The molecule has 0 unspecified atom stereocenters. The van der Waals surface area contributed by atoms with Crippen molar-refractivity contribution in [3.05, 3.63) is 24.3 Å². The van der Waals surface area contributed by atoms with E-state index in [1.165, 1.54) is 4.90 Å². The van der Waals surface area contributed by atoms with Gasteiger partial charge in [-0.1, -0.05) is 12.1 Å². The number of nitrogens with one attached hydrogen (secondary N) is 1. The van der Waals surface area contributed by atoms with Gasteiger partial charge < -0.3 is 24.4 Å². The van der Waals surface area contributed by atoms with E-state index in [-0.39, 0.29) is 26.4 Å². The number of carbonyl (C=O) groups excluding carboxylic acids is 2. The van der Waals surface area contributed by atoms with E-state index in [1.807, 2.05) is 0 Å². The second-order valence-electron chi connectivity index (χ2n) is 5.70. The maximum absolute atomic E-state index is 12.9. The van der Waals surface area contributed by atoms with Crippen LogP contribution in [0.4, 0.5) is 18.9 Å². The average Bonchev–Trinajstić information content (AvgIpc) is 2.64. The number of anilines is 1. The number of benzene rings is 1. The zero-order chi connectivity index (χ0) is 18.7. The number of ether oxygens (including phenoxy) is 3. The van der Waals surface area contributed by atoms with E-state index in [9.17, 15) is 22.8 Å². The van der Waals surface area contributed by atoms with E-state index in [0.29, 0.717) is 11.4 Å². The Balaban J connectivity index is 1.62. The Labute approximate surface area is 147 Å². The molecule has 2 amide bonds. The molecular weight excluding hydrogens is 357 g/mol. The lowest BCUT2D eigenvalue weighted by atomic mass is 10.1. The molecule has 1 aromatic rings. The summed E-state index contributed by atoms with van der Waals surface area (Å²) >= 11 is 0. The lowest BCUT2D eigenvalue weighted by molar-refractivity contribution is -0.272. The fourth-order valence-corrected chi connectivity index (χ4v) is 2.79. The van der Waals surface area contributed by atoms with Crippen LogP contribution in [0.3, 0.4) is 0 Å². The summed E-state index contributed by atoms with van der Waals surface area (Å²) in [6, 6.07) is 6.88. The van der Waals surface area contributed by atoms with E-state index in [0.717, 1.165) is 0 Å². The SMILES string of the molecule is O=C(NCC(=O)N1CCOc2ccccc21)[C@H]1OCCO[C@H]1C(F)(F)F. The van der Waals surface area contributed by atoms with E-state index >= 15 is 0 Å². The molecular formula is C16H17F3N2O5. The van der Waals surface area contributed by atoms with Gasteiger partial charge in [0.15, 0.2) is 12.2 Å². The van der Waals surface area contributed by atoms with E-state index < -0.39 is 36.7 Å². The maximum atomic E-state index is 12.9. The second kappa shape index (κ2) is 7.50. The van der Waals surface area contributed by atoms with E-state index in [2.05, 4.69) is 10.1 Å². The van der Waals surface area contributed by atoms with Crippen molar-refractivity contribution in [3.63, 3.8) is 0 Å². The molecule has 0 aromatic heterocycles. The molecule has 0 bridgehead atoms. The van der Waals surface area contributed by atoms with Gasteiger partial charge in [0.2, 0.25) is 5.91 Å². The van der Waals surface area contributed by atoms with Gasteiger partial charge in [0.05, 0.1) is 32.0 Å². The van der Waals surface area contributed by atoms with Gasteiger partial charge in [0.1, 0.15) is 12.4 Å². The first-order valence-electron chi connectivity index (χ1n) is 7.98. The van der Waals surface area contributed by atoms with Gasteiger partial charge in [0, 0.05) is 0 Å². The molecule has 0 aliphatic carbocycles. The number of carbonyl (C=O) groups is 2. The zero-order valence-electron chi connectivity index (χ0n) is 13.6. The van der Waals surface area contributed by atoms with Crippen LogP contribution in [0.15, 0.2) is 24.3 Å². The molecule has 10 heteroatoms. The van der Waals surface area contributed by atoms with Crippen LogP contribution in [-0.4, -0.2) is 63.1 Å². The molecule has 0 saturated carbocycles. The van der Waals surface area contributed by atoms with Crippen molar-refractivity contribution < 1.29 is 37.0 Å². The van der Waals surface area contributed by atoms with Crippen molar-refractivity contribution >= 4 is 17.5 Å². The molecule has 2 aliphatic rings. The number of alkyl halides is 3. The van der Waals surface area contributed by atoms with Gasteiger partial charge in [-0.25, -0.2) is 0 Å². The van der Waals surface area contributed by atoms with Crippen LogP contribution in [0.5, 0.6) is 5.75 Å². The van der Waals surface area contributed by atoms with Crippen LogP contribution in [0, 0.1) is 0 Å². The number of nitrogens with zero attached hydrogens (tertiary/aromatic N) is 1. The topological polar surface area (TPSA) is 77.1 Å². The largest absolute Gasteiger partial charge is 0.490 e. The monoisotopic (exact) mass is 374 g/mol. The summed E-state index contributed by atoms with van der Waals surface area (Å²) in [5.74, 6) is -0.976. The highest BCUT2D eigenvalue weighted by Crippen LogP contribution is 2.31. The predicted octanol–water partition coefficient (Wildman–Crippen LogP) is 0.874. The minimum Gasteiger partial charge on any atom is -0.490 e. The highest BCUT2D eigenvalue weighted by atomic mass is 19.4. The maximum Gasteiger partial charge on any atom is 0.417 e. The molecule has 1 N–H and O–H groups in total. The summed E-state index contributed by atoms with van der Waals surface area (Å²) in [5, 5.41) is 2.21. The second-order valence-corrected chi connectivity index (χ2v) is 5.70. The first-order valence-corrected chi connectivity index (χ1v) is 7.98. The van der Waals surface area contributed by atoms with Crippen LogP contribution < -0.4 is 15.0 Å². The Hall–Kier alpha value is -2.33. The summed E-state index contributed by atoms with van der Waals surface area (Å²) in [7, 11) is 0. The number of amides is 2. The number of hydrogen-bond donors (Lipinski definition) is 1. The van der Waals surface area contributed by atoms with Gasteiger partial charge in [-0.3, -0.25) is 9.59 Å². The minimum absolute atomic E-state index is 0.130. The highest BCUT2D eigenvalue weighted by Gasteiger charge is 2.51. The number of para-hydroxylation sites is 2. The molecule has 26 heavy (non-hydrogen) atoms. The predicted molar refractivity (Wildman–Crippen MR) is 82.8 cm³/mol. The molecule has 0 spiro atoms. The van der Waals surface area contributed by atoms with Crippen LogP contribution in [-0.2, 0) is 19.1 Å². The molecule has 2 atom stereocenters. The molecule has 2 aliphatic heterocycles. The standard InChI is InChI=1S/C16H17F3N2O5/c17-16(18,19)14-13(25-7-8-26-14)15(23)20-9-12(22)21-5-6-24-11-4-2-1-3-10(11)21/h1-4,13-14H,5-9H2,(H,20,23)/t13-,14+/m0/s1. The zero-order valence-corrected chi connectivity index (χ0v) is 13.6. The van der Waals surface area contributed by atoms with Gasteiger partial charge in [0.25, 0.3) is 5.91 Å². The van der Waals surface area contributed by atoms with Crippen LogP contribution in [0.25, 0.3) is 0 Å². The minimum atomic E-state index is -4.74. The summed E-state index contributed by atoms with van der Waals surface area (Å²) in [6.45, 7) is -0.281. The Kier molecular flexibility index (Phi) is 5.33. The van der Waals surface area contributed by atoms with Crippen molar-refractivity contribution in [3.8, 4) is 5.75 Å². The molecule has 2 heterocycles. The highest BCUT2D eigenvalue weighted by molar-refractivity contribution is 5.98. The summed E-state index contributed by atoms with van der Waals surface area (Å²) in [6.07, 6.45) is -8.93. The molecule has 1 fully saturated rings. The fourth-order valence-electron chi connectivity index (χ4n) is 2.79. The number of rotatable bonds is 3. The van der Waals surface area contributed by atoms with Gasteiger partial charge in [-0.15, -0.1) is 0 Å². The third kappa shape index (κ3) is 3.91. The molecule has 1 saturated heterocycles. The van der Waals surface area contributed by atoms with Crippen molar-refractivity contribution in [2.75, 3.05) is 37.8 Å². The van der Waals surface area contributed by atoms with Crippen LogP contribution in [0.2, 0.25) is 0 Å². The molecule has 0 radical (unpaired) electrons. The van der Waals surface area contributed by atoms with Crippen molar-refractivity contribution in [1.82, 2.24) is 5.32 Å². The summed E-state index contributed by atoms with van der Waals surface area (Å²) in [4.78, 5) is 25.9. The summed E-state index contributed by atoms with van der Waals surface area (Å²) < 4.78 is 53.8. The smallest absolute Gasteiger partial charge is 0.417 e. The average molecular weight is 374 g/mol. The first-order chi connectivity index (χ1) is 12.4. The van der Waals surface area contributed by atoms with Crippen molar-refractivity contribution in [2.45, 2.75) is 18.4 Å². The lowest BCUT2D eigenvalue weighted by Gasteiger charge is -2.32. The van der Waals surface area contributed by atoms with Gasteiger partial charge in [-0.05, 0) is 12.1 Å². The summed E-state index contributed by atoms with van der Waals surface area (Å²) in [5.41, 5.74) is 0.545.